The number of hydrogen-bond acceptors (Lipinski definition) is 2. The van der Waals surface area contributed by atoms with Crippen LogP contribution >= 0.6 is 0 Å². The van der Waals surface area contributed by atoms with E-state index in [0.29, 0.717) is 5.56 Å². The van der Waals surface area contributed by atoms with Crippen molar-refractivity contribution in [1.29, 1.82) is 0 Å². The zero-order chi connectivity index (χ0) is 16.2. The van der Waals surface area contributed by atoms with E-state index < -0.39 is 5.97 Å². The minimum atomic E-state index is -0.898. The second-order valence-electron chi connectivity index (χ2n) is 5.91. The third kappa shape index (κ3) is 7.48. The van der Waals surface area contributed by atoms with Gasteiger partial charge >= 0.3 is 5.97 Å². The molecule has 0 spiro atoms. The summed E-state index contributed by atoms with van der Waals surface area (Å²) < 4.78 is 6.06. The number of rotatable bonds is 12. The quantitative estimate of drug-likeness (QED) is 0.505. The number of aromatic carboxylic acids is 1. The first kappa shape index (κ1) is 18.5. The molecule has 0 aromatic heterocycles. The second-order valence-corrected chi connectivity index (χ2v) is 5.91. The number of ether oxygens (including phenoxy) is 1. The summed E-state index contributed by atoms with van der Waals surface area (Å²) in [5.74, 6) is -0.121. The molecule has 0 radical (unpaired) electrons. The fourth-order valence-corrected chi connectivity index (χ4v) is 2.54. The molecule has 124 valence electrons. The van der Waals surface area contributed by atoms with Crippen molar-refractivity contribution in [3.63, 3.8) is 0 Å². The summed E-state index contributed by atoms with van der Waals surface area (Å²) in [6.45, 7) is 4.42. The summed E-state index contributed by atoms with van der Waals surface area (Å²) in [5.41, 5.74) is 0.303. The molecule has 0 unspecified atom stereocenters. The lowest BCUT2D eigenvalue weighted by atomic mass is 10.0. The van der Waals surface area contributed by atoms with Gasteiger partial charge in [-0.25, -0.2) is 4.79 Å². The van der Waals surface area contributed by atoms with Crippen molar-refractivity contribution in [3.05, 3.63) is 29.8 Å². The molecule has 0 aliphatic rings. The lowest BCUT2D eigenvalue weighted by molar-refractivity contribution is 0.0697. The van der Waals surface area contributed by atoms with Crippen LogP contribution in [-0.4, -0.2) is 17.2 Å². The predicted octanol–water partition coefficient (Wildman–Crippen LogP) is 5.68. The summed E-state index contributed by atoms with van der Waals surface area (Å²) in [6.07, 6.45) is 11.1. The Morgan fingerprint density at radius 2 is 1.55 bits per heavy atom. The molecule has 0 heterocycles. The van der Waals surface area contributed by atoms with Crippen LogP contribution in [0.1, 0.15) is 82.0 Å². The van der Waals surface area contributed by atoms with E-state index in [4.69, 9.17) is 9.84 Å². The van der Waals surface area contributed by atoms with Crippen molar-refractivity contribution in [2.45, 2.75) is 77.7 Å². The fourth-order valence-electron chi connectivity index (χ4n) is 2.54. The van der Waals surface area contributed by atoms with Gasteiger partial charge in [0.25, 0.3) is 0 Å². The van der Waals surface area contributed by atoms with Crippen LogP contribution in [0.2, 0.25) is 0 Å². The maximum atomic E-state index is 10.9. The van der Waals surface area contributed by atoms with E-state index in [2.05, 4.69) is 13.8 Å². The number of benzene rings is 1. The number of hydrogen-bond donors (Lipinski definition) is 1. The van der Waals surface area contributed by atoms with E-state index in [-0.39, 0.29) is 6.10 Å². The Bertz CT molecular complexity index is 411. The van der Waals surface area contributed by atoms with Crippen molar-refractivity contribution in [2.24, 2.45) is 0 Å². The molecule has 0 amide bonds. The zero-order valence-corrected chi connectivity index (χ0v) is 14.0. The molecular weight excluding hydrogens is 276 g/mol. The van der Waals surface area contributed by atoms with Crippen LogP contribution in [0, 0.1) is 0 Å². The highest BCUT2D eigenvalue weighted by molar-refractivity contribution is 5.87. The van der Waals surface area contributed by atoms with Crippen LogP contribution in [-0.2, 0) is 0 Å². The fraction of sp³-hybridized carbons (Fsp3) is 0.632. The number of carboxylic acid groups (broad SMARTS) is 1. The highest BCUT2D eigenvalue weighted by Gasteiger charge is 2.11. The SMILES string of the molecule is CCCCCCC[C@H](CCCC)Oc1ccc(C(=O)O)cc1. The summed E-state index contributed by atoms with van der Waals surface area (Å²) in [5, 5.41) is 8.92. The summed E-state index contributed by atoms with van der Waals surface area (Å²) >= 11 is 0. The molecule has 1 aromatic rings. The van der Waals surface area contributed by atoms with Crippen molar-refractivity contribution in [3.8, 4) is 5.75 Å². The molecule has 1 N–H and O–H groups in total. The van der Waals surface area contributed by atoms with Gasteiger partial charge in [0.2, 0.25) is 0 Å². The molecule has 0 bridgehead atoms. The monoisotopic (exact) mass is 306 g/mol. The minimum absolute atomic E-state index is 0.247. The molecule has 3 heteroatoms. The maximum absolute atomic E-state index is 10.9. The molecule has 0 aliphatic heterocycles. The van der Waals surface area contributed by atoms with Gasteiger partial charge in [-0.1, -0.05) is 52.4 Å². The first-order valence-electron chi connectivity index (χ1n) is 8.67. The highest BCUT2D eigenvalue weighted by atomic mass is 16.5. The Morgan fingerprint density at radius 1 is 0.955 bits per heavy atom. The van der Waals surface area contributed by atoms with Crippen molar-refractivity contribution in [1.82, 2.24) is 0 Å². The van der Waals surface area contributed by atoms with E-state index in [1.165, 1.54) is 44.9 Å². The zero-order valence-electron chi connectivity index (χ0n) is 14.0. The molecule has 0 fully saturated rings. The van der Waals surface area contributed by atoms with Crippen LogP contribution in [0.15, 0.2) is 24.3 Å². The molecule has 22 heavy (non-hydrogen) atoms. The minimum Gasteiger partial charge on any atom is -0.490 e. The molecule has 1 aromatic carbocycles. The van der Waals surface area contributed by atoms with Crippen LogP contribution < -0.4 is 4.74 Å². The van der Waals surface area contributed by atoms with Crippen molar-refractivity contribution < 1.29 is 14.6 Å². The van der Waals surface area contributed by atoms with Gasteiger partial charge in [0, 0.05) is 0 Å². The number of carboxylic acids is 1. The topological polar surface area (TPSA) is 46.5 Å². The second kappa shape index (κ2) is 11.1. The Kier molecular flexibility index (Phi) is 9.36. The van der Waals surface area contributed by atoms with Crippen molar-refractivity contribution in [2.75, 3.05) is 0 Å². The molecule has 0 saturated carbocycles. The molecule has 1 rings (SSSR count). The van der Waals surface area contributed by atoms with Gasteiger partial charge in [-0.3, -0.25) is 0 Å². The van der Waals surface area contributed by atoms with E-state index in [1.54, 1.807) is 24.3 Å². The Hall–Kier alpha value is -1.51. The van der Waals surface area contributed by atoms with Gasteiger partial charge in [-0.15, -0.1) is 0 Å². The van der Waals surface area contributed by atoms with Crippen LogP contribution in [0.3, 0.4) is 0 Å². The molecule has 0 saturated heterocycles. The largest absolute Gasteiger partial charge is 0.490 e. The van der Waals surface area contributed by atoms with Crippen LogP contribution in [0.25, 0.3) is 0 Å². The van der Waals surface area contributed by atoms with Gasteiger partial charge in [0.15, 0.2) is 0 Å². The first-order chi connectivity index (χ1) is 10.7. The average molecular weight is 306 g/mol. The van der Waals surface area contributed by atoms with Crippen LogP contribution in [0.4, 0.5) is 0 Å². The molecule has 1 atom stereocenters. The summed E-state index contributed by atoms with van der Waals surface area (Å²) in [6, 6.07) is 6.74. The lowest BCUT2D eigenvalue weighted by Gasteiger charge is -2.19. The molecule has 0 aliphatic carbocycles. The van der Waals surface area contributed by atoms with E-state index in [0.717, 1.165) is 18.6 Å². The average Bonchev–Trinajstić information content (AvgIpc) is 2.52. The van der Waals surface area contributed by atoms with Gasteiger partial charge in [0.05, 0.1) is 11.7 Å². The Balaban J connectivity index is 2.46. The Morgan fingerprint density at radius 3 is 2.14 bits per heavy atom. The summed E-state index contributed by atoms with van der Waals surface area (Å²) in [4.78, 5) is 10.9. The van der Waals surface area contributed by atoms with Gasteiger partial charge < -0.3 is 9.84 Å². The van der Waals surface area contributed by atoms with E-state index >= 15 is 0 Å². The van der Waals surface area contributed by atoms with Crippen LogP contribution in [0.5, 0.6) is 5.75 Å². The smallest absolute Gasteiger partial charge is 0.335 e. The summed E-state index contributed by atoms with van der Waals surface area (Å²) in [7, 11) is 0. The maximum Gasteiger partial charge on any atom is 0.335 e. The number of unbranched alkanes of at least 4 members (excludes halogenated alkanes) is 5. The number of carbonyl (C=O) groups is 1. The Labute approximate surface area is 134 Å². The predicted molar refractivity (Wildman–Crippen MR) is 90.7 cm³/mol. The van der Waals surface area contributed by atoms with Gasteiger partial charge in [-0.05, 0) is 43.5 Å². The van der Waals surface area contributed by atoms with Gasteiger partial charge in [0.1, 0.15) is 5.75 Å². The van der Waals surface area contributed by atoms with Gasteiger partial charge in [-0.2, -0.15) is 0 Å². The van der Waals surface area contributed by atoms with Crippen molar-refractivity contribution >= 4 is 5.97 Å². The normalized spacial score (nSPS) is 12.1. The third-order valence-corrected chi connectivity index (χ3v) is 3.91. The third-order valence-electron chi connectivity index (χ3n) is 3.91. The highest BCUT2D eigenvalue weighted by Crippen LogP contribution is 2.20. The standard InChI is InChI=1S/C19H30O3/c1-3-5-7-8-9-11-17(10-6-4-2)22-18-14-12-16(13-15-18)19(20)21/h12-15,17H,3-11H2,1-2H3,(H,20,21)/t17-/m0/s1. The first-order valence-corrected chi connectivity index (χ1v) is 8.67. The van der Waals surface area contributed by atoms with E-state index in [9.17, 15) is 4.79 Å². The van der Waals surface area contributed by atoms with E-state index in [1.807, 2.05) is 0 Å². The lowest BCUT2D eigenvalue weighted by Crippen LogP contribution is -2.16. The molecule has 3 nitrogen and oxygen atoms in total. The molecular formula is C19H30O3.